The molecule has 3 rings (SSSR count). The highest BCUT2D eigenvalue weighted by Crippen LogP contribution is 2.16. The monoisotopic (exact) mass is 339 g/mol. The van der Waals surface area contributed by atoms with E-state index in [4.69, 9.17) is 0 Å². The highest BCUT2D eigenvalue weighted by Gasteiger charge is 2.21. The molecule has 1 atom stereocenters. The number of piperidine rings is 1. The number of hydrogen-bond donors (Lipinski definition) is 2. The average Bonchev–Trinajstić information content (AvgIpc) is 2.67. The van der Waals surface area contributed by atoms with Crippen molar-refractivity contribution in [1.29, 1.82) is 0 Å². The van der Waals surface area contributed by atoms with Crippen LogP contribution in [-0.2, 0) is 11.3 Å². The maximum atomic E-state index is 12.1. The summed E-state index contributed by atoms with van der Waals surface area (Å²) >= 11 is 0. The van der Waals surface area contributed by atoms with Crippen LogP contribution in [0.25, 0.3) is 0 Å². The Kier molecular flexibility index (Phi) is 5.95. The van der Waals surface area contributed by atoms with Gasteiger partial charge in [-0.1, -0.05) is 24.3 Å². The largest absolute Gasteiger partial charge is 0.354 e. The summed E-state index contributed by atoms with van der Waals surface area (Å²) in [5.41, 5.74) is 2.35. The van der Waals surface area contributed by atoms with Crippen LogP contribution in [0, 0.1) is 6.92 Å². The second-order valence-corrected chi connectivity index (χ2v) is 6.45. The number of aromatic nitrogens is 2. The molecule has 1 fully saturated rings. The van der Waals surface area contributed by atoms with E-state index in [1.165, 1.54) is 5.56 Å². The van der Waals surface area contributed by atoms with Gasteiger partial charge in [-0.25, -0.2) is 0 Å². The standard InChI is InChI=1S/C19H25N5O/c1-15-6-2-3-7-16(15)12-21-19(25)13-20-17-8-5-11-24(14-17)18-9-4-10-22-23-18/h2-4,6-7,9-10,17,20H,5,8,11-14H2,1H3,(H,21,25)/t17-/m1/s1. The molecule has 0 spiro atoms. The number of amides is 1. The fraction of sp³-hybridized carbons (Fsp3) is 0.421. The Balaban J connectivity index is 1.43. The molecule has 1 saturated heterocycles. The van der Waals surface area contributed by atoms with Crippen LogP contribution < -0.4 is 15.5 Å². The second kappa shape index (κ2) is 8.58. The van der Waals surface area contributed by atoms with Crippen molar-refractivity contribution in [1.82, 2.24) is 20.8 Å². The molecule has 0 unspecified atom stereocenters. The molecule has 1 aliphatic rings. The predicted octanol–water partition coefficient (Wildman–Crippen LogP) is 1.66. The molecule has 0 radical (unpaired) electrons. The lowest BCUT2D eigenvalue weighted by Gasteiger charge is -2.33. The molecule has 1 aromatic heterocycles. The van der Waals surface area contributed by atoms with E-state index < -0.39 is 0 Å². The van der Waals surface area contributed by atoms with Gasteiger partial charge in [0.05, 0.1) is 6.54 Å². The van der Waals surface area contributed by atoms with E-state index in [0.717, 1.165) is 37.3 Å². The molecule has 0 bridgehead atoms. The van der Waals surface area contributed by atoms with Crippen LogP contribution in [0.15, 0.2) is 42.6 Å². The van der Waals surface area contributed by atoms with E-state index in [1.807, 2.05) is 30.3 Å². The van der Waals surface area contributed by atoms with Gasteiger partial charge in [0.15, 0.2) is 5.82 Å². The van der Waals surface area contributed by atoms with E-state index in [9.17, 15) is 4.79 Å². The van der Waals surface area contributed by atoms with Gasteiger partial charge in [0.2, 0.25) is 5.91 Å². The lowest BCUT2D eigenvalue weighted by atomic mass is 10.1. The normalized spacial score (nSPS) is 17.3. The molecule has 6 nitrogen and oxygen atoms in total. The highest BCUT2D eigenvalue weighted by atomic mass is 16.1. The Morgan fingerprint density at radius 2 is 2.16 bits per heavy atom. The van der Waals surface area contributed by atoms with Crippen molar-refractivity contribution in [2.24, 2.45) is 0 Å². The maximum absolute atomic E-state index is 12.1. The zero-order chi connectivity index (χ0) is 17.5. The molecule has 0 saturated carbocycles. The number of aryl methyl sites for hydroxylation is 1. The van der Waals surface area contributed by atoms with Gasteiger partial charge < -0.3 is 15.5 Å². The number of anilines is 1. The summed E-state index contributed by atoms with van der Waals surface area (Å²) in [5, 5.41) is 14.5. The fourth-order valence-electron chi connectivity index (χ4n) is 3.12. The molecular formula is C19H25N5O. The molecule has 2 heterocycles. The first-order valence-corrected chi connectivity index (χ1v) is 8.79. The Hall–Kier alpha value is -2.47. The summed E-state index contributed by atoms with van der Waals surface area (Å²) in [6, 6.07) is 12.3. The number of benzene rings is 1. The van der Waals surface area contributed by atoms with Crippen LogP contribution in [0.2, 0.25) is 0 Å². The molecule has 2 N–H and O–H groups in total. The first kappa shape index (κ1) is 17.4. The van der Waals surface area contributed by atoms with Crippen molar-refractivity contribution in [3.8, 4) is 0 Å². The van der Waals surface area contributed by atoms with Gasteiger partial charge >= 0.3 is 0 Å². The fourth-order valence-corrected chi connectivity index (χ4v) is 3.12. The first-order chi connectivity index (χ1) is 12.2. The van der Waals surface area contributed by atoms with E-state index >= 15 is 0 Å². The molecule has 25 heavy (non-hydrogen) atoms. The molecule has 6 heteroatoms. The van der Waals surface area contributed by atoms with Crippen LogP contribution in [0.4, 0.5) is 5.82 Å². The Labute approximate surface area is 148 Å². The van der Waals surface area contributed by atoms with Crippen LogP contribution in [0.5, 0.6) is 0 Å². The van der Waals surface area contributed by atoms with Crippen LogP contribution >= 0.6 is 0 Å². The third-order valence-corrected chi connectivity index (χ3v) is 4.59. The number of nitrogens with one attached hydrogen (secondary N) is 2. The first-order valence-electron chi connectivity index (χ1n) is 8.79. The molecule has 1 aliphatic heterocycles. The molecule has 1 amide bonds. The highest BCUT2D eigenvalue weighted by molar-refractivity contribution is 5.78. The van der Waals surface area contributed by atoms with Gasteiger partial charge in [-0.15, -0.1) is 5.10 Å². The molecule has 132 valence electrons. The summed E-state index contributed by atoms with van der Waals surface area (Å²) in [6.07, 6.45) is 3.84. The summed E-state index contributed by atoms with van der Waals surface area (Å²) in [6.45, 7) is 4.80. The van der Waals surface area contributed by atoms with Gasteiger partial charge in [-0.05, 0) is 43.0 Å². The summed E-state index contributed by atoms with van der Waals surface area (Å²) < 4.78 is 0. The Bertz CT molecular complexity index is 691. The van der Waals surface area contributed by atoms with Gasteiger partial charge in [-0.2, -0.15) is 5.10 Å². The molecule has 0 aliphatic carbocycles. The van der Waals surface area contributed by atoms with Crippen LogP contribution in [0.3, 0.4) is 0 Å². The summed E-state index contributed by atoms with van der Waals surface area (Å²) in [5.74, 6) is 0.929. The zero-order valence-corrected chi connectivity index (χ0v) is 14.6. The summed E-state index contributed by atoms with van der Waals surface area (Å²) in [4.78, 5) is 14.3. The number of carbonyl (C=O) groups is 1. The zero-order valence-electron chi connectivity index (χ0n) is 14.6. The topological polar surface area (TPSA) is 70.2 Å². The molecule has 1 aromatic carbocycles. The van der Waals surface area contributed by atoms with Gasteiger partial charge in [0.1, 0.15) is 0 Å². The number of hydrogen-bond acceptors (Lipinski definition) is 5. The maximum Gasteiger partial charge on any atom is 0.234 e. The number of rotatable bonds is 6. The quantitative estimate of drug-likeness (QED) is 0.838. The van der Waals surface area contributed by atoms with E-state index in [2.05, 4.69) is 38.7 Å². The Morgan fingerprint density at radius 3 is 2.96 bits per heavy atom. The van der Waals surface area contributed by atoms with Crippen molar-refractivity contribution in [3.63, 3.8) is 0 Å². The summed E-state index contributed by atoms with van der Waals surface area (Å²) in [7, 11) is 0. The van der Waals surface area contributed by atoms with E-state index in [1.54, 1.807) is 6.20 Å². The van der Waals surface area contributed by atoms with Gasteiger partial charge in [0.25, 0.3) is 0 Å². The third kappa shape index (κ3) is 5.00. The van der Waals surface area contributed by atoms with Crippen molar-refractivity contribution < 1.29 is 4.79 Å². The SMILES string of the molecule is Cc1ccccc1CNC(=O)CN[C@@H]1CCCN(c2cccnn2)C1. The molecular weight excluding hydrogens is 314 g/mol. The lowest BCUT2D eigenvalue weighted by Crippen LogP contribution is -2.48. The Morgan fingerprint density at radius 1 is 1.28 bits per heavy atom. The number of nitrogens with zero attached hydrogens (tertiary/aromatic N) is 3. The van der Waals surface area contributed by atoms with Gasteiger partial charge in [-0.3, -0.25) is 4.79 Å². The minimum absolute atomic E-state index is 0.0277. The van der Waals surface area contributed by atoms with Crippen molar-refractivity contribution in [2.45, 2.75) is 32.4 Å². The van der Waals surface area contributed by atoms with E-state index in [0.29, 0.717) is 19.1 Å². The van der Waals surface area contributed by atoms with Crippen LogP contribution in [0.1, 0.15) is 24.0 Å². The second-order valence-electron chi connectivity index (χ2n) is 6.45. The minimum Gasteiger partial charge on any atom is -0.354 e. The van der Waals surface area contributed by atoms with Crippen molar-refractivity contribution in [2.75, 3.05) is 24.5 Å². The van der Waals surface area contributed by atoms with E-state index in [-0.39, 0.29) is 5.91 Å². The van der Waals surface area contributed by atoms with Crippen LogP contribution in [-0.4, -0.2) is 41.8 Å². The average molecular weight is 339 g/mol. The van der Waals surface area contributed by atoms with Gasteiger partial charge in [0, 0.05) is 31.9 Å². The lowest BCUT2D eigenvalue weighted by molar-refractivity contribution is -0.120. The minimum atomic E-state index is 0.0277. The smallest absolute Gasteiger partial charge is 0.234 e. The van der Waals surface area contributed by atoms with Crippen molar-refractivity contribution in [3.05, 3.63) is 53.7 Å². The number of carbonyl (C=O) groups excluding carboxylic acids is 1. The molecule has 2 aromatic rings. The predicted molar refractivity (Wildman–Crippen MR) is 98.3 cm³/mol. The van der Waals surface area contributed by atoms with Crippen molar-refractivity contribution >= 4 is 11.7 Å². The third-order valence-electron chi connectivity index (χ3n) is 4.59.